The molecule has 0 spiro atoms. The van der Waals surface area contributed by atoms with Crippen LogP contribution in [-0.2, 0) is 6.54 Å². The van der Waals surface area contributed by atoms with E-state index in [1.807, 2.05) is 18.7 Å². The average Bonchev–Trinajstić information content (AvgIpc) is 2.79. The molecule has 0 aliphatic heterocycles. The quantitative estimate of drug-likeness (QED) is 0.778. The molecule has 0 radical (unpaired) electrons. The lowest BCUT2D eigenvalue weighted by molar-refractivity contribution is 0.135. The number of rotatable bonds is 4. The third-order valence-corrected chi connectivity index (χ3v) is 3.90. The molecule has 1 aromatic heterocycles. The summed E-state index contributed by atoms with van der Waals surface area (Å²) in [5.74, 6) is 0.863. The topological polar surface area (TPSA) is 21.1 Å². The standard InChI is InChI=1S/C13H23N3/c1-12-5-3-4-6-13(12)15(2)9-10-16-8-7-14-11-16/h7-8,11-13H,3-6,9-10H2,1-2H3/t12-,13+/m0/s1. The Labute approximate surface area is 98.5 Å². The van der Waals surface area contributed by atoms with Gasteiger partial charge in [-0.2, -0.15) is 0 Å². The van der Waals surface area contributed by atoms with Crippen LogP contribution in [-0.4, -0.2) is 34.1 Å². The van der Waals surface area contributed by atoms with Crippen LogP contribution >= 0.6 is 0 Å². The van der Waals surface area contributed by atoms with Gasteiger partial charge in [-0.1, -0.05) is 19.8 Å². The molecule has 90 valence electrons. The van der Waals surface area contributed by atoms with Crippen molar-refractivity contribution in [3.8, 4) is 0 Å². The fraction of sp³-hybridized carbons (Fsp3) is 0.769. The summed E-state index contributed by atoms with van der Waals surface area (Å²) in [6.07, 6.45) is 11.4. The van der Waals surface area contributed by atoms with Crippen molar-refractivity contribution in [3.05, 3.63) is 18.7 Å². The first-order chi connectivity index (χ1) is 7.77. The van der Waals surface area contributed by atoms with Crippen molar-refractivity contribution in [2.24, 2.45) is 5.92 Å². The summed E-state index contributed by atoms with van der Waals surface area (Å²) in [5, 5.41) is 0. The van der Waals surface area contributed by atoms with Gasteiger partial charge in [0, 0.05) is 31.5 Å². The third-order valence-electron chi connectivity index (χ3n) is 3.90. The van der Waals surface area contributed by atoms with Gasteiger partial charge in [0.05, 0.1) is 6.33 Å². The Kier molecular flexibility index (Phi) is 3.99. The Bertz CT molecular complexity index is 294. The van der Waals surface area contributed by atoms with E-state index in [1.165, 1.54) is 25.7 Å². The second-order valence-corrected chi connectivity index (χ2v) is 5.11. The Morgan fingerprint density at radius 2 is 2.19 bits per heavy atom. The van der Waals surface area contributed by atoms with Gasteiger partial charge in [-0.25, -0.2) is 4.98 Å². The predicted molar refractivity (Wildman–Crippen MR) is 66.3 cm³/mol. The number of likely N-dealkylation sites (N-methyl/N-ethyl adjacent to an activating group) is 1. The lowest BCUT2D eigenvalue weighted by Gasteiger charge is -2.36. The van der Waals surface area contributed by atoms with Crippen LogP contribution in [0.5, 0.6) is 0 Å². The van der Waals surface area contributed by atoms with Crippen LogP contribution in [0.3, 0.4) is 0 Å². The molecule has 2 atom stereocenters. The predicted octanol–water partition coefficient (Wildman–Crippen LogP) is 2.39. The van der Waals surface area contributed by atoms with E-state index in [0.29, 0.717) is 0 Å². The molecule has 1 aromatic rings. The van der Waals surface area contributed by atoms with Gasteiger partial charge in [-0.3, -0.25) is 0 Å². The van der Waals surface area contributed by atoms with Gasteiger partial charge in [-0.15, -0.1) is 0 Å². The molecule has 1 aliphatic rings. The average molecular weight is 221 g/mol. The molecule has 1 heterocycles. The second kappa shape index (κ2) is 5.48. The van der Waals surface area contributed by atoms with Crippen molar-refractivity contribution >= 4 is 0 Å². The highest BCUT2D eigenvalue weighted by molar-refractivity contribution is 4.80. The molecule has 1 fully saturated rings. The molecule has 0 amide bonds. The van der Waals surface area contributed by atoms with Crippen molar-refractivity contribution in [2.45, 2.75) is 45.2 Å². The molecule has 0 aromatic carbocycles. The van der Waals surface area contributed by atoms with E-state index in [9.17, 15) is 0 Å². The van der Waals surface area contributed by atoms with E-state index in [-0.39, 0.29) is 0 Å². The largest absolute Gasteiger partial charge is 0.336 e. The van der Waals surface area contributed by atoms with Crippen LogP contribution in [0, 0.1) is 5.92 Å². The molecule has 0 N–H and O–H groups in total. The Hall–Kier alpha value is -0.830. The summed E-state index contributed by atoms with van der Waals surface area (Å²) in [6.45, 7) is 4.59. The van der Waals surface area contributed by atoms with Crippen LogP contribution in [0.15, 0.2) is 18.7 Å². The highest BCUT2D eigenvalue weighted by Crippen LogP contribution is 2.27. The van der Waals surface area contributed by atoms with Gasteiger partial charge in [-0.05, 0) is 25.8 Å². The maximum absolute atomic E-state index is 4.07. The van der Waals surface area contributed by atoms with Gasteiger partial charge >= 0.3 is 0 Å². The molecular formula is C13H23N3. The molecule has 1 aliphatic carbocycles. The van der Waals surface area contributed by atoms with Crippen molar-refractivity contribution in [2.75, 3.05) is 13.6 Å². The van der Waals surface area contributed by atoms with Crippen LogP contribution in [0.25, 0.3) is 0 Å². The summed E-state index contributed by atoms with van der Waals surface area (Å²) < 4.78 is 2.16. The minimum Gasteiger partial charge on any atom is -0.336 e. The Morgan fingerprint density at radius 3 is 2.88 bits per heavy atom. The molecule has 0 bridgehead atoms. The molecule has 16 heavy (non-hydrogen) atoms. The smallest absolute Gasteiger partial charge is 0.0946 e. The van der Waals surface area contributed by atoms with Gasteiger partial charge in [0.2, 0.25) is 0 Å². The van der Waals surface area contributed by atoms with Gasteiger partial charge in [0.1, 0.15) is 0 Å². The Balaban J connectivity index is 1.80. The zero-order valence-electron chi connectivity index (χ0n) is 10.5. The Morgan fingerprint density at radius 1 is 1.38 bits per heavy atom. The fourth-order valence-corrected chi connectivity index (χ4v) is 2.81. The summed E-state index contributed by atoms with van der Waals surface area (Å²) in [5.41, 5.74) is 0. The first-order valence-electron chi connectivity index (χ1n) is 6.43. The monoisotopic (exact) mass is 221 g/mol. The highest BCUT2D eigenvalue weighted by atomic mass is 15.2. The maximum Gasteiger partial charge on any atom is 0.0946 e. The lowest BCUT2D eigenvalue weighted by Crippen LogP contribution is -2.40. The van der Waals surface area contributed by atoms with Crippen LogP contribution < -0.4 is 0 Å². The zero-order valence-corrected chi connectivity index (χ0v) is 10.5. The molecule has 2 rings (SSSR count). The third kappa shape index (κ3) is 2.85. The summed E-state index contributed by atoms with van der Waals surface area (Å²) in [7, 11) is 2.27. The first kappa shape index (κ1) is 11.6. The van der Waals surface area contributed by atoms with Crippen LogP contribution in [0.1, 0.15) is 32.6 Å². The lowest BCUT2D eigenvalue weighted by atomic mass is 9.85. The number of aromatic nitrogens is 2. The summed E-state index contributed by atoms with van der Waals surface area (Å²) in [6, 6.07) is 0.789. The highest BCUT2D eigenvalue weighted by Gasteiger charge is 2.24. The molecule has 1 saturated carbocycles. The molecule has 0 saturated heterocycles. The molecule has 3 heteroatoms. The SMILES string of the molecule is C[C@H]1CCCC[C@H]1N(C)CCn1ccnc1. The van der Waals surface area contributed by atoms with E-state index in [4.69, 9.17) is 0 Å². The minimum absolute atomic E-state index is 0.789. The van der Waals surface area contributed by atoms with Crippen molar-refractivity contribution in [1.29, 1.82) is 0 Å². The fourth-order valence-electron chi connectivity index (χ4n) is 2.81. The van der Waals surface area contributed by atoms with Gasteiger partial charge < -0.3 is 9.47 Å². The van der Waals surface area contributed by atoms with Gasteiger partial charge in [0.15, 0.2) is 0 Å². The van der Waals surface area contributed by atoms with Crippen molar-refractivity contribution < 1.29 is 0 Å². The number of hydrogen-bond acceptors (Lipinski definition) is 2. The maximum atomic E-state index is 4.07. The molecule has 0 unspecified atom stereocenters. The second-order valence-electron chi connectivity index (χ2n) is 5.11. The normalized spacial score (nSPS) is 26.2. The molecule has 3 nitrogen and oxygen atoms in total. The minimum atomic E-state index is 0.789. The first-order valence-corrected chi connectivity index (χ1v) is 6.43. The van der Waals surface area contributed by atoms with Crippen LogP contribution in [0.2, 0.25) is 0 Å². The number of hydrogen-bond donors (Lipinski definition) is 0. The van der Waals surface area contributed by atoms with E-state index in [1.54, 1.807) is 0 Å². The number of nitrogens with zero attached hydrogens (tertiary/aromatic N) is 3. The van der Waals surface area contributed by atoms with E-state index >= 15 is 0 Å². The zero-order chi connectivity index (χ0) is 11.4. The summed E-state index contributed by atoms with van der Waals surface area (Å²) >= 11 is 0. The summed E-state index contributed by atoms with van der Waals surface area (Å²) in [4.78, 5) is 6.60. The van der Waals surface area contributed by atoms with Crippen molar-refractivity contribution in [3.63, 3.8) is 0 Å². The number of imidazole rings is 1. The van der Waals surface area contributed by atoms with Crippen molar-refractivity contribution in [1.82, 2.24) is 14.5 Å². The van der Waals surface area contributed by atoms with E-state index in [0.717, 1.165) is 25.0 Å². The van der Waals surface area contributed by atoms with Gasteiger partial charge in [0.25, 0.3) is 0 Å². The van der Waals surface area contributed by atoms with Crippen LogP contribution in [0.4, 0.5) is 0 Å². The molecular weight excluding hydrogens is 198 g/mol. The van der Waals surface area contributed by atoms with E-state index in [2.05, 4.69) is 28.4 Å². The van der Waals surface area contributed by atoms with E-state index < -0.39 is 0 Å².